The first kappa shape index (κ1) is 38.9. The van der Waals surface area contributed by atoms with Gasteiger partial charge in [-0.25, -0.2) is 0 Å². The van der Waals surface area contributed by atoms with Gasteiger partial charge in [0.25, 0.3) is 0 Å². The minimum absolute atomic E-state index is 0.0636. The lowest BCUT2D eigenvalue weighted by Crippen LogP contribution is -2.62. The second-order valence-corrected chi connectivity index (χ2v) is 13.4. The van der Waals surface area contributed by atoms with E-state index < -0.39 is 53.6 Å². The molecule has 0 aliphatic carbocycles. The lowest BCUT2D eigenvalue weighted by atomic mass is 9.93. The molecule has 0 spiro atoms. The summed E-state index contributed by atoms with van der Waals surface area (Å²) in [6.45, 7) is 15.0. The summed E-state index contributed by atoms with van der Waals surface area (Å²) in [6, 6.07) is -4.28. The number of aliphatic hydroxyl groups is 1. The van der Waals surface area contributed by atoms with Crippen molar-refractivity contribution < 1.29 is 38.6 Å². The van der Waals surface area contributed by atoms with Gasteiger partial charge in [0.1, 0.15) is 23.7 Å². The summed E-state index contributed by atoms with van der Waals surface area (Å²) >= 11 is 0. The van der Waals surface area contributed by atoms with E-state index in [1.807, 2.05) is 40.7 Å². The number of Topliss-reactive ketones (excluding diaryl/α,β-unsaturated/α-hetero) is 1. The zero-order valence-electron chi connectivity index (χ0n) is 28.7. The van der Waals surface area contributed by atoms with E-state index in [4.69, 9.17) is 4.74 Å². The number of carbonyl (C=O) groups is 6. The van der Waals surface area contributed by atoms with Crippen LogP contribution in [-0.2, 0) is 33.5 Å². The highest BCUT2D eigenvalue weighted by Gasteiger charge is 2.50. The van der Waals surface area contributed by atoms with Crippen molar-refractivity contribution in [2.75, 3.05) is 13.2 Å². The fourth-order valence-corrected chi connectivity index (χ4v) is 5.06. The molecule has 5 amide bonds. The van der Waals surface area contributed by atoms with Crippen molar-refractivity contribution in [3.63, 3.8) is 0 Å². The fourth-order valence-electron chi connectivity index (χ4n) is 5.06. The van der Waals surface area contributed by atoms with E-state index in [2.05, 4.69) is 21.3 Å². The van der Waals surface area contributed by atoms with E-state index in [0.29, 0.717) is 32.2 Å². The molecule has 13 heteroatoms. The number of rotatable bonds is 20. The van der Waals surface area contributed by atoms with Gasteiger partial charge < -0.3 is 36.0 Å². The topological polar surface area (TPSA) is 187 Å². The number of amides is 5. The summed E-state index contributed by atoms with van der Waals surface area (Å²) in [7, 11) is 0. The first-order valence-electron chi connectivity index (χ1n) is 16.6. The molecule has 0 saturated carbocycles. The van der Waals surface area contributed by atoms with Crippen LogP contribution in [0.5, 0.6) is 0 Å². The molecule has 0 aromatic heterocycles. The van der Waals surface area contributed by atoms with Crippen LogP contribution in [0.15, 0.2) is 12.3 Å². The molecular weight excluding hydrogens is 594 g/mol. The molecule has 5 N–H and O–H groups in total. The number of hydrogen-bond donors (Lipinski definition) is 5. The van der Waals surface area contributed by atoms with Crippen molar-refractivity contribution >= 4 is 35.3 Å². The van der Waals surface area contributed by atoms with Gasteiger partial charge in [0, 0.05) is 25.6 Å². The summed E-state index contributed by atoms with van der Waals surface area (Å²) in [6.07, 6.45) is 4.30. The maximum absolute atomic E-state index is 13.6. The smallest absolute Gasteiger partial charge is 0.245 e. The van der Waals surface area contributed by atoms with Crippen LogP contribution in [0.4, 0.5) is 0 Å². The molecule has 260 valence electrons. The fraction of sp³-hybridized carbons (Fsp3) is 0.758. The average molecular weight is 650 g/mol. The van der Waals surface area contributed by atoms with E-state index >= 15 is 0 Å². The second-order valence-electron chi connectivity index (χ2n) is 13.4. The molecule has 1 saturated heterocycles. The van der Waals surface area contributed by atoms with Crippen molar-refractivity contribution in [2.45, 2.75) is 130 Å². The third kappa shape index (κ3) is 11.2. The Balaban J connectivity index is 2.11. The van der Waals surface area contributed by atoms with Crippen LogP contribution in [0, 0.1) is 17.8 Å². The number of epoxide rings is 1. The van der Waals surface area contributed by atoms with Gasteiger partial charge in [0.15, 0.2) is 5.78 Å². The molecule has 46 heavy (non-hydrogen) atoms. The highest BCUT2D eigenvalue weighted by Crippen LogP contribution is 2.29. The summed E-state index contributed by atoms with van der Waals surface area (Å²) in [5.74, 6) is -3.22. The highest BCUT2D eigenvalue weighted by molar-refractivity contribution is 5.99. The van der Waals surface area contributed by atoms with E-state index in [1.54, 1.807) is 24.9 Å². The average Bonchev–Trinajstić information content (AvgIpc) is 3.72. The molecule has 0 bridgehead atoms. The molecule has 2 aliphatic heterocycles. The molecule has 0 unspecified atom stereocenters. The van der Waals surface area contributed by atoms with Crippen LogP contribution in [0.25, 0.3) is 0 Å². The summed E-state index contributed by atoms with van der Waals surface area (Å²) in [5, 5.41) is 21.3. The molecule has 0 aromatic rings. The van der Waals surface area contributed by atoms with Crippen LogP contribution in [0.3, 0.4) is 0 Å². The second kappa shape index (κ2) is 17.6. The molecule has 2 heterocycles. The molecule has 8 atom stereocenters. The number of aliphatic hydroxyl groups excluding tert-OH is 1. The van der Waals surface area contributed by atoms with Crippen molar-refractivity contribution in [1.29, 1.82) is 0 Å². The quantitative estimate of drug-likeness (QED) is 0.122. The highest BCUT2D eigenvalue weighted by atomic mass is 16.6. The Morgan fingerprint density at radius 1 is 0.826 bits per heavy atom. The SMILES string of the molecule is CC[C@H](C)[C@H](NC(=O)CCCC(=O)N1C=CC1)C(=O)N[C@H](C(=O)N[C@H](C(=O)N[C@@H](CC(C)C)C(=O)[C@@]1(C)CO1)[C@@H](C)O)[C@@H](C)CC. The van der Waals surface area contributed by atoms with Gasteiger partial charge >= 0.3 is 0 Å². The van der Waals surface area contributed by atoms with Crippen LogP contribution in [0.2, 0.25) is 0 Å². The molecule has 0 aromatic carbocycles. The number of ether oxygens (including phenoxy) is 1. The van der Waals surface area contributed by atoms with Gasteiger partial charge in [0.2, 0.25) is 29.5 Å². The minimum Gasteiger partial charge on any atom is -0.391 e. The number of ketones is 1. The Hall–Kier alpha value is -3.32. The van der Waals surface area contributed by atoms with Gasteiger partial charge in [-0.3, -0.25) is 28.8 Å². The Morgan fingerprint density at radius 3 is 1.76 bits per heavy atom. The van der Waals surface area contributed by atoms with Gasteiger partial charge in [-0.1, -0.05) is 54.4 Å². The Morgan fingerprint density at radius 2 is 1.33 bits per heavy atom. The predicted octanol–water partition coefficient (Wildman–Crippen LogP) is 1.33. The Labute approximate surface area is 273 Å². The van der Waals surface area contributed by atoms with Crippen LogP contribution < -0.4 is 21.3 Å². The van der Waals surface area contributed by atoms with Crippen molar-refractivity contribution in [3.05, 3.63) is 12.3 Å². The lowest BCUT2D eigenvalue weighted by molar-refractivity contribution is -0.137. The van der Waals surface area contributed by atoms with Crippen molar-refractivity contribution in [1.82, 2.24) is 26.2 Å². The predicted molar refractivity (Wildman–Crippen MR) is 172 cm³/mol. The minimum atomic E-state index is -1.40. The molecular formula is C33H55N5O8. The standard InChI is InChI=1S/C33H55N5O8/c1-9-20(5)26(35-24(40)13-11-14-25(41)38-15-12-16-38)30(43)36-27(21(6)10-2)31(44)37-28(22(7)39)32(45)34-23(17-19(3)4)29(42)33(8)18-46-33/h12,15,19-23,26-28,39H,9-11,13-14,16-18H2,1-8H3,(H,34,45)(H,35,40)(H,36,43)(H,37,44)/t20-,21-,22+,23-,26-,27-,28-,33+/m0/s1. The van der Waals surface area contributed by atoms with E-state index in [0.717, 1.165) is 0 Å². The molecule has 2 aliphatic rings. The third-order valence-electron chi connectivity index (χ3n) is 8.81. The monoisotopic (exact) mass is 649 g/mol. The van der Waals surface area contributed by atoms with Crippen molar-refractivity contribution in [3.8, 4) is 0 Å². The molecule has 0 radical (unpaired) electrons. The number of carbonyl (C=O) groups excluding carboxylic acids is 6. The molecule has 13 nitrogen and oxygen atoms in total. The summed E-state index contributed by atoms with van der Waals surface area (Å²) < 4.78 is 5.29. The number of nitrogens with one attached hydrogen (secondary N) is 4. The third-order valence-corrected chi connectivity index (χ3v) is 8.81. The molecule has 1 fully saturated rings. The normalized spacial score (nSPS) is 21.5. The zero-order chi connectivity index (χ0) is 34.8. The number of nitrogens with zero attached hydrogens (tertiary/aromatic N) is 1. The molecule has 2 rings (SSSR count). The maximum atomic E-state index is 13.6. The van der Waals surface area contributed by atoms with E-state index in [-0.39, 0.29) is 54.8 Å². The number of hydrogen-bond acceptors (Lipinski definition) is 8. The Kier molecular flexibility index (Phi) is 14.8. The Bertz CT molecular complexity index is 1140. The summed E-state index contributed by atoms with van der Waals surface area (Å²) in [4.78, 5) is 80.0. The van der Waals surface area contributed by atoms with Crippen LogP contribution in [-0.4, -0.2) is 94.3 Å². The van der Waals surface area contributed by atoms with Gasteiger partial charge in [0.05, 0.1) is 18.8 Å². The lowest BCUT2D eigenvalue weighted by Gasteiger charge is -2.31. The first-order chi connectivity index (χ1) is 21.5. The maximum Gasteiger partial charge on any atom is 0.245 e. The van der Waals surface area contributed by atoms with E-state index in [1.165, 1.54) is 6.92 Å². The zero-order valence-corrected chi connectivity index (χ0v) is 28.7. The van der Waals surface area contributed by atoms with E-state index in [9.17, 15) is 33.9 Å². The van der Waals surface area contributed by atoms with Crippen LogP contribution >= 0.6 is 0 Å². The van der Waals surface area contributed by atoms with Crippen molar-refractivity contribution in [2.24, 2.45) is 17.8 Å². The van der Waals surface area contributed by atoms with Crippen LogP contribution in [0.1, 0.15) is 93.9 Å². The first-order valence-corrected chi connectivity index (χ1v) is 16.6. The summed E-state index contributed by atoms with van der Waals surface area (Å²) in [5.41, 5.74) is -0.965. The van der Waals surface area contributed by atoms with Gasteiger partial charge in [-0.15, -0.1) is 0 Å². The largest absolute Gasteiger partial charge is 0.391 e. The van der Waals surface area contributed by atoms with Gasteiger partial charge in [-0.2, -0.15) is 0 Å². The van der Waals surface area contributed by atoms with Gasteiger partial charge in [-0.05, 0) is 50.5 Å².